The molecule has 0 radical (unpaired) electrons. The van der Waals surface area contributed by atoms with Crippen molar-refractivity contribution in [2.24, 2.45) is 0 Å². The summed E-state index contributed by atoms with van der Waals surface area (Å²) in [7, 11) is 0. The third-order valence-corrected chi connectivity index (χ3v) is 3.85. The van der Waals surface area contributed by atoms with E-state index in [0.717, 1.165) is 5.56 Å². The predicted octanol–water partition coefficient (Wildman–Crippen LogP) is 3.50. The number of Topliss-reactive ketones (excluding diaryl/α,β-unsaturated/α-hetero) is 1. The number of ether oxygens (including phenoxy) is 2. The van der Waals surface area contributed by atoms with Crippen LogP contribution in [-0.2, 0) is 11.2 Å². The van der Waals surface area contributed by atoms with Gasteiger partial charge in [-0.1, -0.05) is 23.7 Å². The molecule has 0 saturated carbocycles. The fourth-order valence-electron chi connectivity index (χ4n) is 2.47. The van der Waals surface area contributed by atoms with Crippen LogP contribution in [-0.4, -0.2) is 24.9 Å². The van der Waals surface area contributed by atoms with Crippen molar-refractivity contribution in [3.63, 3.8) is 0 Å². The first-order valence-corrected chi connectivity index (χ1v) is 7.89. The van der Waals surface area contributed by atoms with E-state index in [0.29, 0.717) is 41.0 Å². The molecular formula is C18H16ClNO4. The number of carbonyl (C=O) groups is 2. The summed E-state index contributed by atoms with van der Waals surface area (Å²) < 4.78 is 11.0. The number of nitrogens with one attached hydrogen (secondary N) is 1. The first-order valence-electron chi connectivity index (χ1n) is 7.52. The Balaban J connectivity index is 1.72. The highest BCUT2D eigenvalue weighted by Gasteiger charge is 2.17. The van der Waals surface area contributed by atoms with Crippen LogP contribution < -0.4 is 14.8 Å². The number of halogens is 1. The summed E-state index contributed by atoms with van der Waals surface area (Å²) in [5.41, 5.74) is 1.86. The Bertz CT molecular complexity index is 804. The number of amides is 1. The van der Waals surface area contributed by atoms with Crippen molar-refractivity contribution in [3.8, 4) is 11.5 Å². The number of fused-ring (bicyclic) bond motifs is 1. The quantitative estimate of drug-likeness (QED) is 0.861. The fraction of sp³-hybridized carbons (Fsp3) is 0.222. The Hall–Kier alpha value is -2.53. The van der Waals surface area contributed by atoms with E-state index >= 15 is 0 Å². The lowest BCUT2D eigenvalue weighted by Gasteiger charge is -2.20. The summed E-state index contributed by atoms with van der Waals surface area (Å²) in [5, 5.41) is 3.20. The molecule has 1 aliphatic rings. The fourth-order valence-corrected chi connectivity index (χ4v) is 2.76. The van der Waals surface area contributed by atoms with E-state index in [9.17, 15) is 9.59 Å². The largest absolute Gasteiger partial charge is 0.486 e. The number of hydrogen-bond acceptors (Lipinski definition) is 4. The van der Waals surface area contributed by atoms with Crippen LogP contribution in [0.4, 0.5) is 5.69 Å². The standard InChI is InChI=1S/C18H16ClNO4/c1-11(21)13-3-2-4-14(10-13)20-17(22)9-12-7-15(19)18-16(8-12)23-5-6-24-18/h2-4,7-8,10H,5-6,9H2,1H3,(H,20,22). The molecule has 0 aliphatic carbocycles. The van der Waals surface area contributed by atoms with Crippen LogP contribution in [0, 0.1) is 0 Å². The van der Waals surface area contributed by atoms with Gasteiger partial charge in [0.15, 0.2) is 17.3 Å². The lowest BCUT2D eigenvalue weighted by molar-refractivity contribution is -0.115. The molecule has 0 saturated heterocycles. The van der Waals surface area contributed by atoms with Crippen molar-refractivity contribution >= 4 is 29.0 Å². The summed E-state index contributed by atoms with van der Waals surface area (Å²) in [4.78, 5) is 23.6. The highest BCUT2D eigenvalue weighted by Crippen LogP contribution is 2.38. The van der Waals surface area contributed by atoms with E-state index in [-0.39, 0.29) is 18.1 Å². The highest BCUT2D eigenvalue weighted by molar-refractivity contribution is 6.32. The molecule has 1 amide bonds. The van der Waals surface area contributed by atoms with Gasteiger partial charge in [0.2, 0.25) is 5.91 Å². The second-order valence-corrected chi connectivity index (χ2v) is 5.87. The Labute approximate surface area is 144 Å². The van der Waals surface area contributed by atoms with Gasteiger partial charge in [-0.25, -0.2) is 0 Å². The molecule has 0 aromatic heterocycles. The second-order valence-electron chi connectivity index (χ2n) is 5.46. The number of carbonyl (C=O) groups excluding carboxylic acids is 2. The van der Waals surface area contributed by atoms with Gasteiger partial charge in [0, 0.05) is 11.3 Å². The minimum atomic E-state index is -0.205. The van der Waals surface area contributed by atoms with Crippen LogP contribution in [0.1, 0.15) is 22.8 Å². The van der Waals surface area contributed by atoms with Gasteiger partial charge >= 0.3 is 0 Å². The zero-order chi connectivity index (χ0) is 17.1. The molecule has 5 nitrogen and oxygen atoms in total. The summed E-state index contributed by atoms with van der Waals surface area (Å²) in [6.07, 6.45) is 0.140. The molecule has 1 aliphatic heterocycles. The Kier molecular flexibility index (Phi) is 4.71. The van der Waals surface area contributed by atoms with Crippen molar-refractivity contribution in [3.05, 3.63) is 52.5 Å². The number of benzene rings is 2. The van der Waals surface area contributed by atoms with Crippen molar-refractivity contribution < 1.29 is 19.1 Å². The average molecular weight is 346 g/mol. The maximum atomic E-state index is 12.2. The van der Waals surface area contributed by atoms with Gasteiger partial charge in [-0.15, -0.1) is 0 Å². The van der Waals surface area contributed by atoms with Crippen LogP contribution in [0.15, 0.2) is 36.4 Å². The van der Waals surface area contributed by atoms with Crippen LogP contribution >= 0.6 is 11.6 Å². The second kappa shape index (κ2) is 6.93. The monoisotopic (exact) mass is 345 g/mol. The summed E-state index contributed by atoms with van der Waals surface area (Å²) >= 11 is 6.17. The van der Waals surface area contributed by atoms with Gasteiger partial charge in [0.05, 0.1) is 11.4 Å². The number of hydrogen-bond donors (Lipinski definition) is 1. The molecule has 124 valence electrons. The molecule has 1 heterocycles. The zero-order valence-corrected chi connectivity index (χ0v) is 13.9. The number of anilines is 1. The number of ketones is 1. The minimum Gasteiger partial charge on any atom is -0.486 e. The Morgan fingerprint density at radius 2 is 1.96 bits per heavy atom. The van der Waals surface area contributed by atoms with E-state index in [4.69, 9.17) is 21.1 Å². The van der Waals surface area contributed by atoms with Crippen LogP contribution in [0.25, 0.3) is 0 Å². The maximum Gasteiger partial charge on any atom is 0.228 e. The topological polar surface area (TPSA) is 64.6 Å². The maximum absolute atomic E-state index is 12.2. The molecule has 0 atom stereocenters. The molecule has 0 unspecified atom stereocenters. The van der Waals surface area contributed by atoms with Crippen LogP contribution in [0.2, 0.25) is 5.02 Å². The van der Waals surface area contributed by atoms with Crippen LogP contribution in [0.3, 0.4) is 0 Å². The molecule has 24 heavy (non-hydrogen) atoms. The van der Waals surface area contributed by atoms with E-state index in [1.165, 1.54) is 6.92 Å². The van der Waals surface area contributed by atoms with Crippen molar-refractivity contribution in [1.29, 1.82) is 0 Å². The van der Waals surface area contributed by atoms with Gasteiger partial charge in [-0.05, 0) is 36.8 Å². The van der Waals surface area contributed by atoms with E-state index in [1.54, 1.807) is 36.4 Å². The molecule has 2 aromatic carbocycles. The van der Waals surface area contributed by atoms with Crippen molar-refractivity contribution in [1.82, 2.24) is 0 Å². The highest BCUT2D eigenvalue weighted by atomic mass is 35.5. The molecule has 0 spiro atoms. The Morgan fingerprint density at radius 3 is 2.75 bits per heavy atom. The molecule has 3 rings (SSSR count). The lowest BCUT2D eigenvalue weighted by atomic mass is 10.1. The van der Waals surface area contributed by atoms with Crippen LogP contribution in [0.5, 0.6) is 11.5 Å². The van der Waals surface area contributed by atoms with E-state index in [2.05, 4.69) is 5.32 Å². The van der Waals surface area contributed by atoms with E-state index < -0.39 is 0 Å². The summed E-state index contributed by atoms with van der Waals surface area (Å²) in [5.74, 6) is 0.810. The smallest absolute Gasteiger partial charge is 0.228 e. The third-order valence-electron chi connectivity index (χ3n) is 3.57. The normalized spacial score (nSPS) is 12.6. The molecular weight excluding hydrogens is 330 g/mol. The molecule has 2 aromatic rings. The lowest BCUT2D eigenvalue weighted by Crippen LogP contribution is -2.17. The first kappa shape index (κ1) is 16.3. The molecule has 6 heteroatoms. The minimum absolute atomic E-state index is 0.0512. The van der Waals surface area contributed by atoms with Crippen molar-refractivity contribution in [2.45, 2.75) is 13.3 Å². The van der Waals surface area contributed by atoms with Gasteiger partial charge in [0.25, 0.3) is 0 Å². The molecule has 1 N–H and O–H groups in total. The SMILES string of the molecule is CC(=O)c1cccc(NC(=O)Cc2cc(Cl)c3c(c2)OCCO3)c1. The van der Waals surface area contributed by atoms with Gasteiger partial charge in [-0.3, -0.25) is 9.59 Å². The van der Waals surface area contributed by atoms with Gasteiger partial charge in [0.1, 0.15) is 13.2 Å². The zero-order valence-electron chi connectivity index (χ0n) is 13.1. The summed E-state index contributed by atoms with van der Waals surface area (Å²) in [6, 6.07) is 10.3. The number of rotatable bonds is 4. The molecule has 0 fully saturated rings. The van der Waals surface area contributed by atoms with E-state index in [1.807, 2.05) is 0 Å². The van der Waals surface area contributed by atoms with Gasteiger partial charge < -0.3 is 14.8 Å². The third kappa shape index (κ3) is 3.68. The first-order chi connectivity index (χ1) is 11.5. The predicted molar refractivity (Wildman–Crippen MR) is 91.2 cm³/mol. The van der Waals surface area contributed by atoms with Crippen molar-refractivity contribution in [2.75, 3.05) is 18.5 Å². The molecule has 0 bridgehead atoms. The van der Waals surface area contributed by atoms with Gasteiger partial charge in [-0.2, -0.15) is 0 Å². The Morgan fingerprint density at radius 1 is 1.17 bits per heavy atom. The average Bonchev–Trinajstić information content (AvgIpc) is 2.55. The summed E-state index contributed by atoms with van der Waals surface area (Å²) in [6.45, 7) is 2.40.